The van der Waals surface area contributed by atoms with Gasteiger partial charge in [0.2, 0.25) is 0 Å². The molecule has 0 spiro atoms. The van der Waals surface area contributed by atoms with Gasteiger partial charge in [0.15, 0.2) is 0 Å². The van der Waals surface area contributed by atoms with Crippen molar-refractivity contribution in [1.29, 1.82) is 0 Å². The maximum Gasteiger partial charge on any atom is 0.0241 e. The van der Waals surface area contributed by atoms with E-state index in [0.717, 1.165) is 17.8 Å². The van der Waals surface area contributed by atoms with Crippen LogP contribution in [0.4, 0.5) is 0 Å². The number of thioether (sulfide) groups is 1. The minimum absolute atomic E-state index is 0.383. The summed E-state index contributed by atoms with van der Waals surface area (Å²) in [6, 6.07) is 0.383. The van der Waals surface area contributed by atoms with E-state index in [4.69, 9.17) is 5.73 Å². The molecule has 1 fully saturated rings. The summed E-state index contributed by atoms with van der Waals surface area (Å²) in [4.78, 5) is 1.76. The zero-order valence-corrected chi connectivity index (χ0v) is 15.9. The normalized spacial score (nSPS) is 49.9. The van der Waals surface area contributed by atoms with E-state index in [1.54, 1.807) is 4.91 Å². The number of hydrogen-bond donors (Lipinski definition) is 1. The van der Waals surface area contributed by atoms with Crippen LogP contribution in [-0.4, -0.2) is 10.8 Å². The fourth-order valence-corrected chi connectivity index (χ4v) is 8.02. The summed E-state index contributed by atoms with van der Waals surface area (Å²) in [6.07, 6.45) is 14.1. The van der Waals surface area contributed by atoms with E-state index in [1.165, 1.54) is 44.9 Å². The van der Waals surface area contributed by atoms with E-state index in [1.807, 2.05) is 5.57 Å². The third kappa shape index (κ3) is 2.65. The van der Waals surface area contributed by atoms with Crippen molar-refractivity contribution in [2.24, 2.45) is 35.3 Å². The molecule has 4 rings (SSSR count). The molecule has 1 aliphatic heterocycles. The van der Waals surface area contributed by atoms with E-state index in [0.29, 0.717) is 22.6 Å². The molecule has 23 heavy (non-hydrogen) atoms. The SMILES string of the molecule is CC1CCC2(C)SC3=C(C(C)CC(N)C3C3CC=CCC3)C2C1. The van der Waals surface area contributed by atoms with E-state index >= 15 is 0 Å². The van der Waals surface area contributed by atoms with E-state index in [9.17, 15) is 0 Å². The van der Waals surface area contributed by atoms with E-state index < -0.39 is 0 Å². The number of allylic oxidation sites excluding steroid dienone is 3. The highest BCUT2D eigenvalue weighted by Gasteiger charge is 2.53. The Labute approximate surface area is 146 Å². The predicted octanol–water partition coefficient (Wildman–Crippen LogP) is 5.52. The minimum atomic E-state index is 0.383. The summed E-state index contributed by atoms with van der Waals surface area (Å²) in [7, 11) is 0. The second-order valence-electron chi connectivity index (χ2n) is 9.04. The Morgan fingerprint density at radius 2 is 2.00 bits per heavy atom. The largest absolute Gasteiger partial charge is 0.327 e. The van der Waals surface area contributed by atoms with Gasteiger partial charge in [-0.2, -0.15) is 0 Å². The van der Waals surface area contributed by atoms with Crippen LogP contribution in [0.15, 0.2) is 22.6 Å². The molecule has 0 aromatic rings. The first-order chi connectivity index (χ1) is 11.0. The Bertz CT molecular complexity index is 536. The van der Waals surface area contributed by atoms with Gasteiger partial charge in [0.05, 0.1) is 0 Å². The topological polar surface area (TPSA) is 26.0 Å². The van der Waals surface area contributed by atoms with Gasteiger partial charge in [-0.25, -0.2) is 0 Å². The van der Waals surface area contributed by atoms with Crippen molar-refractivity contribution < 1.29 is 0 Å². The summed E-state index contributed by atoms with van der Waals surface area (Å²) in [5, 5.41) is 0. The lowest BCUT2D eigenvalue weighted by Crippen LogP contribution is -2.42. The summed E-state index contributed by atoms with van der Waals surface area (Å²) in [5.74, 6) is 3.88. The van der Waals surface area contributed by atoms with Crippen LogP contribution in [0.2, 0.25) is 0 Å². The zero-order chi connectivity index (χ0) is 16.2. The van der Waals surface area contributed by atoms with Gasteiger partial charge >= 0.3 is 0 Å². The average molecular weight is 332 g/mol. The third-order valence-electron chi connectivity index (χ3n) is 7.25. The maximum absolute atomic E-state index is 6.74. The molecule has 2 heteroatoms. The predicted molar refractivity (Wildman–Crippen MR) is 101 cm³/mol. The van der Waals surface area contributed by atoms with Crippen molar-refractivity contribution in [3.8, 4) is 0 Å². The Morgan fingerprint density at radius 1 is 1.17 bits per heavy atom. The van der Waals surface area contributed by atoms with Crippen molar-refractivity contribution >= 4 is 11.8 Å². The van der Waals surface area contributed by atoms with E-state index in [2.05, 4.69) is 44.7 Å². The highest BCUT2D eigenvalue weighted by atomic mass is 32.2. The summed E-state index contributed by atoms with van der Waals surface area (Å²) in [6.45, 7) is 7.48. The van der Waals surface area contributed by atoms with Crippen molar-refractivity contribution in [3.05, 3.63) is 22.6 Å². The van der Waals surface area contributed by atoms with Crippen LogP contribution >= 0.6 is 11.8 Å². The van der Waals surface area contributed by atoms with Crippen molar-refractivity contribution in [2.75, 3.05) is 0 Å². The minimum Gasteiger partial charge on any atom is -0.327 e. The van der Waals surface area contributed by atoms with Crippen LogP contribution in [0.25, 0.3) is 0 Å². The molecule has 1 saturated carbocycles. The molecule has 4 aliphatic rings. The third-order valence-corrected chi connectivity index (χ3v) is 8.93. The monoisotopic (exact) mass is 331 g/mol. The average Bonchev–Trinajstić information content (AvgIpc) is 2.81. The molecule has 0 aromatic carbocycles. The number of rotatable bonds is 1. The summed E-state index contributed by atoms with van der Waals surface area (Å²) < 4.78 is 0.470. The second-order valence-corrected chi connectivity index (χ2v) is 10.6. The van der Waals surface area contributed by atoms with E-state index in [-0.39, 0.29) is 0 Å². The fourth-order valence-electron chi connectivity index (χ4n) is 5.97. The molecule has 3 aliphatic carbocycles. The first kappa shape index (κ1) is 16.3. The number of hydrogen-bond acceptors (Lipinski definition) is 2. The molecule has 0 saturated heterocycles. The highest BCUT2D eigenvalue weighted by Crippen LogP contribution is 2.64. The lowest BCUT2D eigenvalue weighted by molar-refractivity contribution is 0.228. The molecule has 0 bridgehead atoms. The van der Waals surface area contributed by atoms with Crippen LogP contribution in [-0.2, 0) is 0 Å². The molecule has 2 N–H and O–H groups in total. The Kier molecular flexibility index (Phi) is 4.21. The Morgan fingerprint density at radius 3 is 2.74 bits per heavy atom. The molecule has 1 heterocycles. The Balaban J connectivity index is 1.71. The van der Waals surface area contributed by atoms with Crippen LogP contribution < -0.4 is 5.73 Å². The smallest absolute Gasteiger partial charge is 0.0241 e. The fraction of sp³-hybridized carbons (Fsp3) is 0.810. The highest BCUT2D eigenvalue weighted by molar-refractivity contribution is 8.04. The van der Waals surface area contributed by atoms with Crippen LogP contribution in [0.3, 0.4) is 0 Å². The molecular formula is C21H33NS. The van der Waals surface area contributed by atoms with Gasteiger partial charge < -0.3 is 5.73 Å². The number of nitrogens with two attached hydrogens (primary N) is 1. The van der Waals surface area contributed by atoms with Gasteiger partial charge in [0.1, 0.15) is 0 Å². The molecule has 0 aromatic heterocycles. The van der Waals surface area contributed by atoms with Gasteiger partial charge in [0.25, 0.3) is 0 Å². The van der Waals surface area contributed by atoms with Crippen molar-refractivity contribution in [1.82, 2.24) is 0 Å². The summed E-state index contributed by atoms with van der Waals surface area (Å²) >= 11 is 2.27. The lowest BCUT2D eigenvalue weighted by atomic mass is 9.64. The standard InChI is InChI=1S/C21H33NS/c1-13-9-10-21(3)16(11-13)18-14(2)12-17(22)19(20(18)23-21)15-7-5-4-6-8-15/h4-5,13-17,19H,6-12,22H2,1-3H3. The van der Waals surface area contributed by atoms with Crippen molar-refractivity contribution in [2.45, 2.75) is 76.5 Å². The van der Waals surface area contributed by atoms with Gasteiger partial charge in [-0.1, -0.05) is 31.6 Å². The molecule has 0 radical (unpaired) electrons. The molecular weight excluding hydrogens is 298 g/mol. The van der Waals surface area contributed by atoms with Gasteiger partial charge in [-0.15, -0.1) is 11.8 Å². The quantitative estimate of drug-likeness (QED) is 0.640. The van der Waals surface area contributed by atoms with Crippen molar-refractivity contribution in [3.63, 3.8) is 0 Å². The molecule has 7 unspecified atom stereocenters. The zero-order valence-electron chi connectivity index (χ0n) is 15.1. The summed E-state index contributed by atoms with van der Waals surface area (Å²) in [5.41, 5.74) is 8.60. The maximum atomic E-state index is 6.74. The molecule has 7 atom stereocenters. The number of fused-ring (bicyclic) bond motifs is 2. The van der Waals surface area contributed by atoms with Crippen LogP contribution in [0, 0.1) is 29.6 Å². The van der Waals surface area contributed by atoms with Gasteiger partial charge in [-0.05, 0) is 80.4 Å². The molecule has 0 amide bonds. The van der Waals surface area contributed by atoms with Crippen LogP contribution in [0.5, 0.6) is 0 Å². The lowest BCUT2D eigenvalue weighted by Gasteiger charge is -2.42. The first-order valence-electron chi connectivity index (χ1n) is 9.83. The Hall–Kier alpha value is -0.210. The van der Waals surface area contributed by atoms with Crippen LogP contribution in [0.1, 0.15) is 65.7 Å². The molecule has 1 nitrogen and oxygen atoms in total. The first-order valence-corrected chi connectivity index (χ1v) is 10.6. The van der Waals surface area contributed by atoms with Gasteiger partial charge in [-0.3, -0.25) is 0 Å². The molecule has 128 valence electrons. The second kappa shape index (κ2) is 5.95. The van der Waals surface area contributed by atoms with Gasteiger partial charge in [0, 0.05) is 16.7 Å².